The van der Waals surface area contributed by atoms with Crippen LogP contribution in [0.5, 0.6) is 0 Å². The van der Waals surface area contributed by atoms with Gasteiger partial charge in [-0.25, -0.2) is 4.98 Å². The molecular formula is C12H12N2OS2. The van der Waals surface area contributed by atoms with E-state index in [0.717, 1.165) is 4.90 Å². The van der Waals surface area contributed by atoms with Crippen molar-refractivity contribution in [2.45, 2.75) is 17.1 Å². The van der Waals surface area contributed by atoms with E-state index in [0.29, 0.717) is 5.13 Å². The van der Waals surface area contributed by atoms with E-state index in [1.54, 1.807) is 6.20 Å². The Morgan fingerprint density at radius 2 is 2.18 bits per heavy atom. The normalized spacial score (nSPS) is 12.1. The molecule has 1 aromatic carbocycles. The van der Waals surface area contributed by atoms with Gasteiger partial charge in [-0.3, -0.25) is 4.79 Å². The molecule has 0 aliphatic carbocycles. The zero-order chi connectivity index (χ0) is 12.1. The number of thiazole rings is 1. The highest BCUT2D eigenvalue weighted by molar-refractivity contribution is 8.00. The number of hydrogen-bond donors (Lipinski definition) is 1. The lowest BCUT2D eigenvalue weighted by atomic mass is 10.4. The van der Waals surface area contributed by atoms with Gasteiger partial charge in [-0.15, -0.1) is 23.1 Å². The lowest BCUT2D eigenvalue weighted by Crippen LogP contribution is -2.22. The highest BCUT2D eigenvalue weighted by Gasteiger charge is 2.15. The fourth-order valence-corrected chi connectivity index (χ4v) is 2.67. The van der Waals surface area contributed by atoms with Gasteiger partial charge in [-0.05, 0) is 19.1 Å². The average Bonchev–Trinajstić information content (AvgIpc) is 2.83. The molecule has 1 unspecified atom stereocenters. The maximum Gasteiger partial charge on any atom is 0.239 e. The molecular weight excluding hydrogens is 252 g/mol. The van der Waals surface area contributed by atoms with Gasteiger partial charge >= 0.3 is 0 Å². The van der Waals surface area contributed by atoms with Crippen molar-refractivity contribution in [3.63, 3.8) is 0 Å². The number of carbonyl (C=O) groups excluding carboxylic acids is 1. The molecule has 0 fully saturated rings. The van der Waals surface area contributed by atoms with Gasteiger partial charge in [0.1, 0.15) is 0 Å². The fourth-order valence-electron chi connectivity index (χ4n) is 1.25. The van der Waals surface area contributed by atoms with Gasteiger partial charge in [0, 0.05) is 16.5 Å². The summed E-state index contributed by atoms with van der Waals surface area (Å²) in [7, 11) is 0. The van der Waals surface area contributed by atoms with Crippen molar-refractivity contribution in [1.82, 2.24) is 4.98 Å². The first kappa shape index (κ1) is 12.1. The molecule has 2 aromatic rings. The van der Waals surface area contributed by atoms with Gasteiger partial charge in [-0.1, -0.05) is 18.2 Å². The van der Waals surface area contributed by atoms with Gasteiger partial charge < -0.3 is 5.32 Å². The van der Waals surface area contributed by atoms with Crippen molar-refractivity contribution in [3.8, 4) is 0 Å². The summed E-state index contributed by atoms with van der Waals surface area (Å²) in [6.07, 6.45) is 1.68. The molecule has 0 bridgehead atoms. The van der Waals surface area contributed by atoms with E-state index in [1.165, 1.54) is 23.1 Å². The summed E-state index contributed by atoms with van der Waals surface area (Å²) < 4.78 is 0. The number of amides is 1. The Balaban J connectivity index is 1.92. The molecule has 0 saturated heterocycles. The summed E-state index contributed by atoms with van der Waals surface area (Å²) in [6, 6.07) is 9.89. The summed E-state index contributed by atoms with van der Waals surface area (Å²) in [5, 5.41) is 5.14. The third-order valence-electron chi connectivity index (χ3n) is 2.09. The van der Waals surface area contributed by atoms with Crippen LogP contribution in [0.15, 0.2) is 46.8 Å². The number of aromatic nitrogens is 1. The SMILES string of the molecule is CC(Sc1ccccc1)C(=O)Nc1nccs1. The zero-order valence-electron chi connectivity index (χ0n) is 9.29. The summed E-state index contributed by atoms with van der Waals surface area (Å²) in [4.78, 5) is 17.0. The molecule has 2 rings (SSSR count). The van der Waals surface area contributed by atoms with E-state index < -0.39 is 0 Å². The van der Waals surface area contributed by atoms with Crippen molar-refractivity contribution < 1.29 is 4.79 Å². The monoisotopic (exact) mass is 264 g/mol. The molecule has 0 radical (unpaired) electrons. The van der Waals surface area contributed by atoms with Crippen molar-refractivity contribution in [2.24, 2.45) is 0 Å². The molecule has 0 saturated carbocycles. The van der Waals surface area contributed by atoms with Crippen LogP contribution in [0.2, 0.25) is 0 Å². The second-order valence-electron chi connectivity index (χ2n) is 3.40. The molecule has 1 heterocycles. The van der Waals surface area contributed by atoms with E-state index in [4.69, 9.17) is 0 Å². The van der Waals surface area contributed by atoms with E-state index in [9.17, 15) is 4.79 Å². The van der Waals surface area contributed by atoms with Crippen LogP contribution in [-0.4, -0.2) is 16.1 Å². The highest BCUT2D eigenvalue weighted by Crippen LogP contribution is 2.23. The number of anilines is 1. The third-order valence-corrected chi connectivity index (χ3v) is 3.89. The lowest BCUT2D eigenvalue weighted by molar-refractivity contribution is -0.115. The minimum Gasteiger partial charge on any atom is -0.301 e. The van der Waals surface area contributed by atoms with E-state index >= 15 is 0 Å². The van der Waals surface area contributed by atoms with Crippen LogP contribution in [0.25, 0.3) is 0 Å². The van der Waals surface area contributed by atoms with E-state index in [2.05, 4.69) is 10.3 Å². The van der Waals surface area contributed by atoms with E-state index in [1.807, 2.05) is 42.6 Å². The van der Waals surface area contributed by atoms with Crippen LogP contribution in [-0.2, 0) is 4.79 Å². The first-order valence-electron chi connectivity index (χ1n) is 5.18. The number of nitrogens with one attached hydrogen (secondary N) is 1. The Hall–Kier alpha value is -1.33. The van der Waals surface area contributed by atoms with Crippen LogP contribution >= 0.6 is 23.1 Å². The quantitative estimate of drug-likeness (QED) is 0.862. The second kappa shape index (κ2) is 5.84. The highest BCUT2D eigenvalue weighted by atomic mass is 32.2. The van der Waals surface area contributed by atoms with Gasteiger partial charge in [0.2, 0.25) is 5.91 Å². The number of rotatable bonds is 4. The van der Waals surface area contributed by atoms with Crippen molar-refractivity contribution >= 4 is 34.1 Å². The Labute approximate surface area is 108 Å². The van der Waals surface area contributed by atoms with Crippen molar-refractivity contribution in [3.05, 3.63) is 41.9 Å². The molecule has 17 heavy (non-hydrogen) atoms. The van der Waals surface area contributed by atoms with Crippen LogP contribution in [0, 0.1) is 0 Å². The Morgan fingerprint density at radius 3 is 2.82 bits per heavy atom. The minimum absolute atomic E-state index is 0.0196. The van der Waals surface area contributed by atoms with Gasteiger partial charge in [0.05, 0.1) is 5.25 Å². The van der Waals surface area contributed by atoms with Crippen LogP contribution in [0.4, 0.5) is 5.13 Å². The van der Waals surface area contributed by atoms with Gasteiger partial charge in [0.15, 0.2) is 5.13 Å². The van der Waals surface area contributed by atoms with Crippen molar-refractivity contribution in [2.75, 3.05) is 5.32 Å². The molecule has 0 spiro atoms. The molecule has 88 valence electrons. The molecule has 1 amide bonds. The van der Waals surface area contributed by atoms with Crippen LogP contribution < -0.4 is 5.32 Å². The molecule has 1 aromatic heterocycles. The zero-order valence-corrected chi connectivity index (χ0v) is 10.9. The second-order valence-corrected chi connectivity index (χ2v) is 5.71. The fraction of sp³-hybridized carbons (Fsp3) is 0.167. The molecule has 0 aliphatic heterocycles. The number of carbonyl (C=O) groups is 1. The number of hydrogen-bond acceptors (Lipinski definition) is 4. The molecule has 1 atom stereocenters. The maximum absolute atomic E-state index is 11.8. The first-order valence-corrected chi connectivity index (χ1v) is 6.93. The van der Waals surface area contributed by atoms with Crippen molar-refractivity contribution in [1.29, 1.82) is 0 Å². The molecule has 3 nitrogen and oxygen atoms in total. The van der Waals surface area contributed by atoms with Gasteiger partial charge in [0.25, 0.3) is 0 Å². The maximum atomic E-state index is 11.8. The Bertz CT molecular complexity index is 471. The standard InChI is InChI=1S/C12H12N2OS2/c1-9(17-10-5-3-2-4-6-10)11(15)14-12-13-7-8-16-12/h2-9H,1H3,(H,13,14,15). The predicted octanol–water partition coefficient (Wildman–Crippen LogP) is 3.26. The molecule has 5 heteroatoms. The Morgan fingerprint density at radius 1 is 1.41 bits per heavy atom. The van der Waals surface area contributed by atoms with Crippen LogP contribution in [0.1, 0.15) is 6.92 Å². The third kappa shape index (κ3) is 3.57. The predicted molar refractivity (Wildman–Crippen MR) is 72.5 cm³/mol. The molecule has 0 aliphatic rings. The number of benzene rings is 1. The van der Waals surface area contributed by atoms with Gasteiger partial charge in [-0.2, -0.15) is 0 Å². The first-order chi connectivity index (χ1) is 8.25. The average molecular weight is 264 g/mol. The smallest absolute Gasteiger partial charge is 0.239 e. The lowest BCUT2D eigenvalue weighted by Gasteiger charge is -2.10. The summed E-state index contributed by atoms with van der Waals surface area (Å²) in [5.74, 6) is -0.0196. The topological polar surface area (TPSA) is 42.0 Å². The van der Waals surface area contributed by atoms with Crippen LogP contribution in [0.3, 0.4) is 0 Å². The Kier molecular flexibility index (Phi) is 4.17. The summed E-state index contributed by atoms with van der Waals surface area (Å²) in [5.41, 5.74) is 0. The summed E-state index contributed by atoms with van der Waals surface area (Å²) >= 11 is 2.96. The van der Waals surface area contributed by atoms with E-state index in [-0.39, 0.29) is 11.2 Å². The number of nitrogens with zero attached hydrogens (tertiary/aromatic N) is 1. The summed E-state index contributed by atoms with van der Waals surface area (Å²) in [6.45, 7) is 1.89. The number of thioether (sulfide) groups is 1. The minimum atomic E-state index is -0.138. The largest absolute Gasteiger partial charge is 0.301 e. The molecule has 1 N–H and O–H groups in total.